The fourth-order valence-corrected chi connectivity index (χ4v) is 10.9. The van der Waals surface area contributed by atoms with Crippen LogP contribution in [0.5, 0.6) is 0 Å². The van der Waals surface area contributed by atoms with E-state index in [0.29, 0.717) is 5.92 Å². The van der Waals surface area contributed by atoms with Crippen molar-refractivity contribution in [3.05, 3.63) is 244 Å². The Hall–Kier alpha value is -7.16. The molecular formula is C63H58N2. The molecule has 0 saturated heterocycles. The van der Waals surface area contributed by atoms with Crippen LogP contribution in [0.2, 0.25) is 0 Å². The molecule has 0 bridgehead atoms. The quantitative estimate of drug-likeness (QED) is 0.143. The minimum Gasteiger partial charge on any atom is -0.310 e. The van der Waals surface area contributed by atoms with Gasteiger partial charge in [-0.2, -0.15) is 0 Å². The third kappa shape index (κ3) is 7.72. The topological polar surface area (TPSA) is 6.48 Å². The van der Waals surface area contributed by atoms with Gasteiger partial charge >= 0.3 is 0 Å². The normalized spacial score (nSPS) is 14.7. The molecule has 0 amide bonds. The van der Waals surface area contributed by atoms with Gasteiger partial charge in [-0.05, 0) is 163 Å². The molecule has 1 atom stereocenters. The summed E-state index contributed by atoms with van der Waals surface area (Å²) in [7, 11) is 0. The highest BCUT2D eigenvalue weighted by Gasteiger charge is 2.35. The number of hydrogen-bond donors (Lipinski definition) is 0. The van der Waals surface area contributed by atoms with E-state index in [2.05, 4.69) is 253 Å². The SMILES string of the molecule is Cc1cc(C)c(N(C2=CCC(c3ccccc3)C=C2)c2cc(-c3ccc4c(c3)C(C)(C)c3ccccc3-4)cc(N(c3ccc(-c4ccccc4)cc3)c3c(C)cc(C)cc3C)c2)c(C)c1. The van der Waals surface area contributed by atoms with E-state index in [1.54, 1.807) is 0 Å². The monoisotopic (exact) mass is 842 g/mol. The van der Waals surface area contributed by atoms with Gasteiger partial charge in [0.2, 0.25) is 0 Å². The number of allylic oxidation sites excluding steroid dienone is 3. The molecule has 10 rings (SSSR count). The van der Waals surface area contributed by atoms with E-state index in [1.807, 2.05) is 0 Å². The molecule has 0 aliphatic heterocycles. The van der Waals surface area contributed by atoms with Crippen molar-refractivity contribution < 1.29 is 0 Å². The minimum absolute atomic E-state index is 0.125. The molecule has 8 aromatic rings. The second-order valence-electron chi connectivity index (χ2n) is 19.0. The maximum Gasteiger partial charge on any atom is 0.0520 e. The second-order valence-corrected chi connectivity index (χ2v) is 19.0. The number of benzene rings is 8. The number of fused-ring (bicyclic) bond motifs is 3. The first-order valence-electron chi connectivity index (χ1n) is 23.2. The van der Waals surface area contributed by atoms with Gasteiger partial charge in [-0.25, -0.2) is 0 Å². The molecule has 0 N–H and O–H groups in total. The molecule has 1 unspecified atom stereocenters. The summed E-state index contributed by atoms with van der Waals surface area (Å²) in [6, 6.07) is 63.4. The van der Waals surface area contributed by atoms with Crippen molar-refractivity contribution in [1.82, 2.24) is 0 Å². The maximum absolute atomic E-state index is 2.54. The van der Waals surface area contributed by atoms with E-state index < -0.39 is 0 Å². The Labute approximate surface area is 386 Å². The van der Waals surface area contributed by atoms with Gasteiger partial charge in [-0.3, -0.25) is 0 Å². The Morgan fingerprint density at radius 2 is 0.954 bits per heavy atom. The predicted octanol–water partition coefficient (Wildman–Crippen LogP) is 17.4. The molecule has 0 saturated carbocycles. The van der Waals surface area contributed by atoms with Crippen LogP contribution in [0.4, 0.5) is 28.4 Å². The highest BCUT2D eigenvalue weighted by atomic mass is 15.2. The van der Waals surface area contributed by atoms with E-state index in [9.17, 15) is 0 Å². The first-order chi connectivity index (χ1) is 31.4. The molecule has 2 aliphatic carbocycles. The molecule has 2 heteroatoms. The Kier molecular flexibility index (Phi) is 10.8. The van der Waals surface area contributed by atoms with Crippen LogP contribution >= 0.6 is 0 Å². The van der Waals surface area contributed by atoms with Gasteiger partial charge in [0.15, 0.2) is 0 Å². The molecule has 0 fully saturated rings. The lowest BCUT2D eigenvalue weighted by atomic mass is 9.81. The average molecular weight is 843 g/mol. The molecule has 2 aliphatic rings. The van der Waals surface area contributed by atoms with Gasteiger partial charge in [0.1, 0.15) is 0 Å². The van der Waals surface area contributed by atoms with Crippen molar-refractivity contribution in [2.24, 2.45) is 0 Å². The zero-order valence-corrected chi connectivity index (χ0v) is 39.1. The Balaban J connectivity index is 1.22. The molecular weight excluding hydrogens is 785 g/mol. The smallest absolute Gasteiger partial charge is 0.0520 e. The van der Waals surface area contributed by atoms with Crippen LogP contribution in [0.15, 0.2) is 194 Å². The zero-order valence-electron chi connectivity index (χ0n) is 39.1. The van der Waals surface area contributed by atoms with Crippen LogP contribution in [-0.2, 0) is 5.41 Å². The van der Waals surface area contributed by atoms with Crippen LogP contribution in [0.25, 0.3) is 33.4 Å². The van der Waals surface area contributed by atoms with Crippen molar-refractivity contribution in [1.29, 1.82) is 0 Å². The molecule has 65 heavy (non-hydrogen) atoms. The van der Waals surface area contributed by atoms with Gasteiger partial charge < -0.3 is 9.80 Å². The van der Waals surface area contributed by atoms with Crippen molar-refractivity contribution in [2.45, 2.75) is 73.1 Å². The summed E-state index contributed by atoms with van der Waals surface area (Å²) < 4.78 is 0. The number of nitrogens with zero attached hydrogens (tertiary/aromatic N) is 2. The zero-order chi connectivity index (χ0) is 45.0. The van der Waals surface area contributed by atoms with Crippen molar-refractivity contribution in [3.63, 3.8) is 0 Å². The van der Waals surface area contributed by atoms with Crippen LogP contribution in [-0.4, -0.2) is 0 Å². The highest BCUT2D eigenvalue weighted by Crippen LogP contribution is 2.51. The molecule has 0 heterocycles. The van der Waals surface area contributed by atoms with E-state index >= 15 is 0 Å². The first-order valence-corrected chi connectivity index (χ1v) is 23.2. The lowest BCUT2D eigenvalue weighted by Crippen LogP contribution is -2.20. The van der Waals surface area contributed by atoms with Gasteiger partial charge in [-0.15, -0.1) is 0 Å². The van der Waals surface area contributed by atoms with Gasteiger partial charge in [0.05, 0.1) is 11.4 Å². The fourth-order valence-electron chi connectivity index (χ4n) is 10.9. The van der Waals surface area contributed by atoms with Gasteiger partial charge in [0.25, 0.3) is 0 Å². The Morgan fingerprint density at radius 3 is 1.57 bits per heavy atom. The molecule has 0 spiro atoms. The van der Waals surface area contributed by atoms with Crippen LogP contribution in [0, 0.1) is 41.5 Å². The van der Waals surface area contributed by atoms with E-state index in [1.165, 1.54) is 101 Å². The lowest BCUT2D eigenvalue weighted by Gasteiger charge is -2.34. The predicted molar refractivity (Wildman–Crippen MR) is 278 cm³/mol. The summed E-state index contributed by atoms with van der Waals surface area (Å²) in [5, 5.41) is 0. The van der Waals surface area contributed by atoms with Crippen molar-refractivity contribution >= 4 is 28.4 Å². The molecule has 0 radical (unpaired) electrons. The molecule has 0 aromatic heterocycles. The summed E-state index contributed by atoms with van der Waals surface area (Å²) in [6.45, 7) is 18.2. The molecule has 8 aromatic carbocycles. The average Bonchev–Trinajstić information content (AvgIpc) is 3.54. The van der Waals surface area contributed by atoms with E-state index in [-0.39, 0.29) is 5.41 Å². The number of anilines is 5. The molecule has 2 nitrogen and oxygen atoms in total. The standard InChI is InChI=1S/C63H58N2/c1-41-33-43(3)61(44(4)34-41)64(53-28-23-49(24-29-53)47-17-11-9-12-18-47)55-37-52(51-27-32-58-57-21-15-16-22-59(57)63(7,8)60(58)39-51)38-56(40-55)65(62-45(5)35-42(2)36-46(62)6)54-30-25-50(26-31-54)48-19-13-10-14-20-48/h9-25,27-40,50H,26H2,1-8H3. The highest BCUT2D eigenvalue weighted by molar-refractivity contribution is 5.90. The van der Waals surface area contributed by atoms with Crippen molar-refractivity contribution in [3.8, 4) is 33.4 Å². The number of aryl methyl sites for hydroxylation is 6. The van der Waals surface area contributed by atoms with Crippen LogP contribution < -0.4 is 9.80 Å². The first kappa shape index (κ1) is 41.8. The van der Waals surface area contributed by atoms with Crippen LogP contribution in [0.3, 0.4) is 0 Å². The third-order valence-corrected chi connectivity index (χ3v) is 13.9. The number of rotatable bonds is 9. The largest absolute Gasteiger partial charge is 0.310 e. The number of hydrogen-bond acceptors (Lipinski definition) is 2. The van der Waals surface area contributed by atoms with E-state index in [0.717, 1.165) is 23.5 Å². The summed E-state index contributed by atoms with van der Waals surface area (Å²) in [6.07, 6.45) is 8.13. The van der Waals surface area contributed by atoms with Gasteiger partial charge in [0, 0.05) is 34.1 Å². The van der Waals surface area contributed by atoms with Crippen molar-refractivity contribution in [2.75, 3.05) is 9.80 Å². The Morgan fingerprint density at radius 1 is 0.431 bits per heavy atom. The summed E-state index contributed by atoms with van der Waals surface area (Å²) in [4.78, 5) is 5.04. The van der Waals surface area contributed by atoms with Gasteiger partial charge in [-0.1, -0.05) is 171 Å². The maximum atomic E-state index is 2.54. The minimum atomic E-state index is -0.125. The van der Waals surface area contributed by atoms with E-state index in [4.69, 9.17) is 0 Å². The molecule has 320 valence electrons. The third-order valence-electron chi connectivity index (χ3n) is 13.9. The summed E-state index contributed by atoms with van der Waals surface area (Å²) >= 11 is 0. The van der Waals surface area contributed by atoms with Crippen LogP contribution in [0.1, 0.15) is 76.3 Å². The Bertz CT molecular complexity index is 3100. The second kappa shape index (κ2) is 16.8. The summed E-state index contributed by atoms with van der Waals surface area (Å²) in [5.41, 5.74) is 25.9. The summed E-state index contributed by atoms with van der Waals surface area (Å²) in [5.74, 6) is 0.324. The fraction of sp³-hybridized carbons (Fsp3) is 0.175. The lowest BCUT2D eigenvalue weighted by molar-refractivity contribution is 0.660.